The van der Waals surface area contributed by atoms with Crippen molar-refractivity contribution < 1.29 is 0 Å². The molecule has 0 atom stereocenters. The molecule has 0 radical (unpaired) electrons. The van der Waals surface area contributed by atoms with Crippen LogP contribution < -0.4 is 5.32 Å². The molecule has 0 bridgehead atoms. The Bertz CT molecular complexity index is 629. The second kappa shape index (κ2) is 6.12. The van der Waals surface area contributed by atoms with E-state index in [1.54, 1.807) is 6.33 Å². The molecule has 102 valence electrons. The number of aromatic nitrogens is 5. The molecule has 0 aliphatic carbocycles. The fourth-order valence-corrected chi connectivity index (χ4v) is 2.05. The molecule has 2 aromatic heterocycles. The van der Waals surface area contributed by atoms with Crippen LogP contribution in [0.25, 0.3) is 11.3 Å². The lowest BCUT2D eigenvalue weighted by atomic mass is 10.1. The molecule has 3 N–H and O–H groups in total. The second-order valence-electron chi connectivity index (χ2n) is 4.49. The number of hydrogen-bond acceptors (Lipinski definition) is 4. The van der Waals surface area contributed by atoms with Crippen molar-refractivity contribution >= 4 is 0 Å². The molecule has 0 aliphatic rings. The molecule has 3 aromatic rings. The third-order valence-electron chi connectivity index (χ3n) is 3.09. The minimum atomic E-state index is 0.689. The van der Waals surface area contributed by atoms with Gasteiger partial charge in [0.2, 0.25) is 0 Å². The van der Waals surface area contributed by atoms with E-state index < -0.39 is 0 Å². The van der Waals surface area contributed by atoms with Crippen LogP contribution in [-0.4, -0.2) is 31.9 Å². The maximum atomic E-state index is 4.22. The zero-order valence-electron chi connectivity index (χ0n) is 11.0. The molecule has 0 spiro atoms. The number of benzene rings is 1. The quantitative estimate of drug-likeness (QED) is 0.592. The summed E-state index contributed by atoms with van der Waals surface area (Å²) >= 11 is 0. The predicted octanol–water partition coefficient (Wildman–Crippen LogP) is 1.53. The number of nitrogens with zero attached hydrogens (tertiary/aromatic N) is 3. The van der Waals surface area contributed by atoms with Crippen LogP contribution in [0.1, 0.15) is 11.4 Å². The van der Waals surface area contributed by atoms with Crippen molar-refractivity contribution in [3.63, 3.8) is 0 Å². The lowest BCUT2D eigenvalue weighted by molar-refractivity contribution is 0.668. The van der Waals surface area contributed by atoms with E-state index in [1.807, 2.05) is 36.5 Å². The van der Waals surface area contributed by atoms with Crippen molar-refractivity contribution in [1.82, 2.24) is 30.7 Å². The SMILES string of the molecule is c1ccc(-c2n[nH]nc2CNCCc2cnc[nH]2)cc1. The Morgan fingerprint density at radius 3 is 2.80 bits per heavy atom. The Morgan fingerprint density at radius 1 is 1.10 bits per heavy atom. The highest BCUT2D eigenvalue weighted by Gasteiger charge is 2.09. The van der Waals surface area contributed by atoms with Gasteiger partial charge >= 0.3 is 0 Å². The zero-order chi connectivity index (χ0) is 13.6. The summed E-state index contributed by atoms with van der Waals surface area (Å²) in [5.41, 5.74) is 4.04. The molecule has 20 heavy (non-hydrogen) atoms. The van der Waals surface area contributed by atoms with Crippen LogP contribution in [-0.2, 0) is 13.0 Å². The minimum absolute atomic E-state index is 0.689. The monoisotopic (exact) mass is 268 g/mol. The van der Waals surface area contributed by atoms with Crippen molar-refractivity contribution in [2.75, 3.05) is 6.54 Å². The van der Waals surface area contributed by atoms with Gasteiger partial charge in [0.15, 0.2) is 0 Å². The van der Waals surface area contributed by atoms with Crippen molar-refractivity contribution in [3.8, 4) is 11.3 Å². The summed E-state index contributed by atoms with van der Waals surface area (Å²) in [6.45, 7) is 1.55. The predicted molar refractivity (Wildman–Crippen MR) is 75.8 cm³/mol. The van der Waals surface area contributed by atoms with Gasteiger partial charge in [-0.1, -0.05) is 30.3 Å². The third kappa shape index (κ3) is 2.92. The average Bonchev–Trinajstić information content (AvgIpc) is 3.16. The fourth-order valence-electron chi connectivity index (χ4n) is 2.05. The van der Waals surface area contributed by atoms with Gasteiger partial charge in [-0.2, -0.15) is 15.4 Å². The number of nitrogens with one attached hydrogen (secondary N) is 3. The lowest BCUT2D eigenvalue weighted by Gasteiger charge is -2.03. The molecular weight excluding hydrogens is 252 g/mol. The number of H-pyrrole nitrogens is 2. The van der Waals surface area contributed by atoms with Crippen LogP contribution in [0.4, 0.5) is 0 Å². The van der Waals surface area contributed by atoms with E-state index in [0.717, 1.165) is 35.6 Å². The van der Waals surface area contributed by atoms with Crippen molar-refractivity contribution in [1.29, 1.82) is 0 Å². The Morgan fingerprint density at radius 2 is 2.00 bits per heavy atom. The van der Waals surface area contributed by atoms with Gasteiger partial charge in [0.25, 0.3) is 0 Å². The van der Waals surface area contributed by atoms with E-state index in [2.05, 4.69) is 30.7 Å². The van der Waals surface area contributed by atoms with Gasteiger partial charge in [0.05, 0.1) is 6.33 Å². The molecule has 0 aliphatic heterocycles. The molecule has 0 fully saturated rings. The minimum Gasteiger partial charge on any atom is -0.348 e. The van der Waals surface area contributed by atoms with Gasteiger partial charge in [-0.25, -0.2) is 4.98 Å². The van der Waals surface area contributed by atoms with Gasteiger partial charge < -0.3 is 10.3 Å². The van der Waals surface area contributed by atoms with Crippen molar-refractivity contribution in [2.24, 2.45) is 0 Å². The maximum Gasteiger partial charge on any atom is 0.117 e. The van der Waals surface area contributed by atoms with Crippen LogP contribution in [0.2, 0.25) is 0 Å². The first-order valence-electron chi connectivity index (χ1n) is 6.56. The molecule has 6 nitrogen and oxygen atoms in total. The Kier molecular flexibility index (Phi) is 3.84. The first-order chi connectivity index (χ1) is 9.93. The average molecular weight is 268 g/mol. The van der Waals surface area contributed by atoms with E-state index in [4.69, 9.17) is 0 Å². The Labute approximate surface area is 116 Å². The highest BCUT2D eigenvalue weighted by Crippen LogP contribution is 2.18. The van der Waals surface area contributed by atoms with Crippen molar-refractivity contribution in [2.45, 2.75) is 13.0 Å². The number of imidazole rings is 1. The second-order valence-corrected chi connectivity index (χ2v) is 4.49. The van der Waals surface area contributed by atoms with Gasteiger partial charge in [-0.3, -0.25) is 0 Å². The molecule has 0 saturated carbocycles. The lowest BCUT2D eigenvalue weighted by Crippen LogP contribution is -2.17. The molecule has 3 rings (SSSR count). The van der Waals surface area contributed by atoms with Crippen LogP contribution in [0, 0.1) is 0 Å². The van der Waals surface area contributed by atoms with E-state index in [9.17, 15) is 0 Å². The highest BCUT2D eigenvalue weighted by atomic mass is 15.3. The number of rotatable bonds is 6. The van der Waals surface area contributed by atoms with Crippen molar-refractivity contribution in [3.05, 3.63) is 54.2 Å². The highest BCUT2D eigenvalue weighted by molar-refractivity contribution is 5.60. The zero-order valence-corrected chi connectivity index (χ0v) is 11.0. The molecule has 1 aromatic carbocycles. The standard InChI is InChI=1S/C14H16N6/c1-2-4-11(5-3-1)14-13(18-20-19-14)9-15-7-6-12-8-16-10-17-12/h1-5,8,10,15H,6-7,9H2,(H,16,17)(H,18,19,20). The first kappa shape index (κ1) is 12.6. The van der Waals surface area contributed by atoms with Crippen LogP contribution in [0.15, 0.2) is 42.9 Å². The normalized spacial score (nSPS) is 10.8. The van der Waals surface area contributed by atoms with Gasteiger partial charge in [0.1, 0.15) is 11.4 Å². The third-order valence-corrected chi connectivity index (χ3v) is 3.09. The molecule has 0 unspecified atom stereocenters. The van der Waals surface area contributed by atoms with E-state index in [1.165, 1.54) is 0 Å². The van der Waals surface area contributed by atoms with Crippen LogP contribution in [0.3, 0.4) is 0 Å². The number of aromatic amines is 2. The Hall–Kier alpha value is -2.47. The largest absolute Gasteiger partial charge is 0.348 e. The van der Waals surface area contributed by atoms with Gasteiger partial charge in [-0.15, -0.1) is 0 Å². The van der Waals surface area contributed by atoms with E-state index in [0.29, 0.717) is 6.54 Å². The van der Waals surface area contributed by atoms with Crippen LogP contribution >= 0.6 is 0 Å². The molecule has 2 heterocycles. The topological polar surface area (TPSA) is 82.3 Å². The summed E-state index contributed by atoms with van der Waals surface area (Å²) in [6.07, 6.45) is 4.45. The Balaban J connectivity index is 1.57. The van der Waals surface area contributed by atoms with E-state index >= 15 is 0 Å². The smallest absolute Gasteiger partial charge is 0.117 e. The maximum absolute atomic E-state index is 4.22. The van der Waals surface area contributed by atoms with Crippen LogP contribution in [0.5, 0.6) is 0 Å². The molecule has 6 heteroatoms. The summed E-state index contributed by atoms with van der Waals surface area (Å²) in [4.78, 5) is 7.08. The molecule has 0 amide bonds. The van der Waals surface area contributed by atoms with Gasteiger partial charge in [-0.05, 0) is 0 Å². The van der Waals surface area contributed by atoms with Gasteiger partial charge in [0, 0.05) is 37.0 Å². The summed E-state index contributed by atoms with van der Waals surface area (Å²) in [5.74, 6) is 0. The molecule has 0 saturated heterocycles. The number of hydrogen-bond donors (Lipinski definition) is 3. The summed E-state index contributed by atoms with van der Waals surface area (Å²) in [7, 11) is 0. The summed E-state index contributed by atoms with van der Waals surface area (Å²) in [6, 6.07) is 10.1. The fraction of sp³-hybridized carbons (Fsp3) is 0.214. The first-order valence-corrected chi connectivity index (χ1v) is 6.56. The molecular formula is C14H16N6. The summed E-state index contributed by atoms with van der Waals surface area (Å²) < 4.78 is 0. The summed E-state index contributed by atoms with van der Waals surface area (Å²) in [5, 5.41) is 14.5. The van der Waals surface area contributed by atoms with E-state index in [-0.39, 0.29) is 0 Å².